The number of amides is 1. The number of nitrogens with zero attached hydrogens (tertiary/aromatic N) is 3. The molecule has 0 aliphatic rings. The lowest BCUT2D eigenvalue weighted by atomic mass is 10.2. The highest BCUT2D eigenvalue weighted by molar-refractivity contribution is 5.81. The standard InChI is InChI=1S/C11H16F3N3O/c1-5-17-8(3)9(7(2)15-17)6-16(4)10(18)11(12,13)14/h5-6H2,1-4H3. The number of halogens is 3. The number of carbonyl (C=O) groups excluding carboxylic acids is 1. The van der Waals surface area contributed by atoms with E-state index in [9.17, 15) is 18.0 Å². The van der Waals surface area contributed by atoms with E-state index in [1.54, 1.807) is 18.5 Å². The monoisotopic (exact) mass is 263 g/mol. The smallest absolute Gasteiger partial charge is 0.333 e. The molecular weight excluding hydrogens is 247 g/mol. The molecule has 102 valence electrons. The lowest BCUT2D eigenvalue weighted by Crippen LogP contribution is -2.38. The number of aryl methyl sites for hydroxylation is 2. The van der Waals surface area contributed by atoms with Crippen LogP contribution in [0, 0.1) is 13.8 Å². The molecule has 0 unspecified atom stereocenters. The van der Waals surface area contributed by atoms with Crippen molar-refractivity contribution < 1.29 is 18.0 Å². The normalized spacial score (nSPS) is 11.7. The minimum atomic E-state index is -4.84. The van der Waals surface area contributed by atoms with Gasteiger partial charge in [0.05, 0.1) is 5.69 Å². The van der Waals surface area contributed by atoms with E-state index in [0.29, 0.717) is 22.7 Å². The van der Waals surface area contributed by atoms with Gasteiger partial charge in [-0.2, -0.15) is 18.3 Å². The first kappa shape index (κ1) is 14.5. The van der Waals surface area contributed by atoms with Gasteiger partial charge in [0, 0.05) is 31.4 Å². The average Bonchev–Trinajstić information content (AvgIpc) is 2.54. The summed E-state index contributed by atoms with van der Waals surface area (Å²) in [5.74, 6) is -1.84. The van der Waals surface area contributed by atoms with Crippen LogP contribution in [0.2, 0.25) is 0 Å². The van der Waals surface area contributed by atoms with Gasteiger partial charge in [0.15, 0.2) is 0 Å². The first-order valence-corrected chi connectivity index (χ1v) is 5.53. The molecule has 0 bridgehead atoms. The molecule has 0 atom stereocenters. The summed E-state index contributed by atoms with van der Waals surface area (Å²) in [5.41, 5.74) is 2.10. The molecule has 0 aromatic carbocycles. The van der Waals surface area contributed by atoms with E-state index in [0.717, 1.165) is 12.7 Å². The van der Waals surface area contributed by atoms with E-state index in [2.05, 4.69) is 5.10 Å². The largest absolute Gasteiger partial charge is 0.471 e. The van der Waals surface area contributed by atoms with E-state index in [4.69, 9.17) is 0 Å². The molecule has 0 aliphatic carbocycles. The minimum Gasteiger partial charge on any atom is -0.333 e. The van der Waals surface area contributed by atoms with Crippen LogP contribution in [0.15, 0.2) is 0 Å². The summed E-state index contributed by atoms with van der Waals surface area (Å²) in [4.78, 5) is 11.7. The van der Waals surface area contributed by atoms with E-state index >= 15 is 0 Å². The molecule has 1 rings (SSSR count). The molecule has 1 amide bonds. The van der Waals surface area contributed by atoms with Crippen molar-refractivity contribution >= 4 is 5.91 Å². The van der Waals surface area contributed by atoms with E-state index < -0.39 is 12.1 Å². The van der Waals surface area contributed by atoms with Crippen LogP contribution in [0.3, 0.4) is 0 Å². The number of hydrogen-bond donors (Lipinski definition) is 0. The van der Waals surface area contributed by atoms with Gasteiger partial charge in [-0.25, -0.2) is 0 Å². The second-order valence-corrected chi connectivity index (χ2v) is 4.12. The van der Waals surface area contributed by atoms with E-state index in [-0.39, 0.29) is 6.54 Å². The SMILES string of the molecule is CCn1nc(C)c(CN(C)C(=O)C(F)(F)F)c1C. The zero-order chi connectivity index (χ0) is 14.1. The molecule has 1 aromatic rings. The number of rotatable bonds is 3. The maximum absolute atomic E-state index is 12.3. The Kier molecular flexibility index (Phi) is 4.03. The Hall–Kier alpha value is -1.53. The van der Waals surface area contributed by atoms with Gasteiger partial charge in [-0.15, -0.1) is 0 Å². The van der Waals surface area contributed by atoms with Crippen LogP contribution in [0.5, 0.6) is 0 Å². The summed E-state index contributed by atoms with van der Waals surface area (Å²) >= 11 is 0. The minimum absolute atomic E-state index is 0.0873. The Morgan fingerprint density at radius 3 is 2.33 bits per heavy atom. The molecule has 4 nitrogen and oxygen atoms in total. The summed E-state index contributed by atoms with van der Waals surface area (Å²) in [6, 6.07) is 0. The van der Waals surface area contributed by atoms with Gasteiger partial charge in [0.2, 0.25) is 0 Å². The van der Waals surface area contributed by atoms with Crippen LogP contribution in [-0.2, 0) is 17.9 Å². The van der Waals surface area contributed by atoms with Gasteiger partial charge >= 0.3 is 12.1 Å². The van der Waals surface area contributed by atoms with Crippen molar-refractivity contribution in [1.82, 2.24) is 14.7 Å². The van der Waals surface area contributed by atoms with Gasteiger partial charge in [0.1, 0.15) is 0 Å². The van der Waals surface area contributed by atoms with Gasteiger partial charge in [0.25, 0.3) is 0 Å². The fourth-order valence-corrected chi connectivity index (χ4v) is 1.80. The fraction of sp³-hybridized carbons (Fsp3) is 0.636. The molecule has 0 saturated carbocycles. The van der Waals surface area contributed by atoms with E-state index in [1.165, 1.54) is 0 Å². The van der Waals surface area contributed by atoms with E-state index in [1.807, 2.05) is 6.92 Å². The topological polar surface area (TPSA) is 38.1 Å². The molecule has 0 N–H and O–H groups in total. The second kappa shape index (κ2) is 4.99. The van der Waals surface area contributed by atoms with Crippen LogP contribution < -0.4 is 0 Å². The third-order valence-electron chi connectivity index (χ3n) is 2.82. The molecule has 0 aliphatic heterocycles. The highest BCUT2D eigenvalue weighted by atomic mass is 19.4. The second-order valence-electron chi connectivity index (χ2n) is 4.12. The number of hydrogen-bond acceptors (Lipinski definition) is 2. The molecule has 0 spiro atoms. The quantitative estimate of drug-likeness (QED) is 0.837. The third kappa shape index (κ3) is 2.83. The Morgan fingerprint density at radius 1 is 1.39 bits per heavy atom. The summed E-state index contributed by atoms with van der Waals surface area (Å²) in [5, 5.41) is 4.20. The highest BCUT2D eigenvalue weighted by Gasteiger charge is 2.41. The van der Waals surface area contributed by atoms with Crippen molar-refractivity contribution in [2.24, 2.45) is 0 Å². The lowest BCUT2D eigenvalue weighted by Gasteiger charge is -2.18. The van der Waals surface area contributed by atoms with Crippen LogP contribution in [0.1, 0.15) is 23.9 Å². The van der Waals surface area contributed by atoms with Gasteiger partial charge in [-0.1, -0.05) is 0 Å². The Bertz CT molecular complexity index is 451. The summed E-state index contributed by atoms with van der Waals surface area (Å²) < 4.78 is 38.5. The zero-order valence-corrected chi connectivity index (χ0v) is 10.8. The highest BCUT2D eigenvalue weighted by Crippen LogP contribution is 2.21. The van der Waals surface area contributed by atoms with Crippen LogP contribution in [-0.4, -0.2) is 33.8 Å². The molecule has 1 aromatic heterocycles. The maximum Gasteiger partial charge on any atom is 0.471 e. The van der Waals surface area contributed by atoms with Crippen molar-refractivity contribution in [3.05, 3.63) is 17.0 Å². The van der Waals surface area contributed by atoms with Crippen LogP contribution in [0.25, 0.3) is 0 Å². The fourth-order valence-electron chi connectivity index (χ4n) is 1.80. The predicted molar refractivity (Wildman–Crippen MR) is 59.9 cm³/mol. The molecule has 7 heteroatoms. The zero-order valence-electron chi connectivity index (χ0n) is 10.8. The number of aromatic nitrogens is 2. The molecule has 0 fully saturated rings. The lowest BCUT2D eigenvalue weighted by molar-refractivity contribution is -0.184. The van der Waals surface area contributed by atoms with Gasteiger partial charge < -0.3 is 4.90 Å². The number of carbonyl (C=O) groups is 1. The first-order chi connectivity index (χ1) is 8.18. The van der Waals surface area contributed by atoms with Crippen LogP contribution in [0.4, 0.5) is 13.2 Å². The molecule has 18 heavy (non-hydrogen) atoms. The molecule has 1 heterocycles. The predicted octanol–water partition coefficient (Wildman–Crippen LogP) is 2.04. The van der Waals surface area contributed by atoms with Crippen molar-refractivity contribution in [3.63, 3.8) is 0 Å². The van der Waals surface area contributed by atoms with Crippen molar-refractivity contribution in [3.8, 4) is 0 Å². The Balaban J connectivity index is 2.92. The Morgan fingerprint density at radius 2 is 1.94 bits per heavy atom. The van der Waals surface area contributed by atoms with Gasteiger partial charge in [-0.3, -0.25) is 9.48 Å². The first-order valence-electron chi connectivity index (χ1n) is 5.53. The van der Waals surface area contributed by atoms with Crippen molar-refractivity contribution in [2.45, 2.75) is 40.0 Å². The van der Waals surface area contributed by atoms with Gasteiger partial charge in [-0.05, 0) is 20.8 Å². The molecule has 0 saturated heterocycles. The summed E-state index contributed by atoms with van der Waals surface area (Å²) in [6.45, 7) is 5.96. The van der Waals surface area contributed by atoms with Crippen LogP contribution >= 0.6 is 0 Å². The third-order valence-corrected chi connectivity index (χ3v) is 2.82. The van der Waals surface area contributed by atoms with Crippen molar-refractivity contribution in [2.75, 3.05) is 7.05 Å². The molecule has 0 radical (unpaired) electrons. The van der Waals surface area contributed by atoms with Crippen molar-refractivity contribution in [1.29, 1.82) is 0 Å². The number of alkyl halides is 3. The summed E-state index contributed by atoms with van der Waals surface area (Å²) in [7, 11) is 1.14. The maximum atomic E-state index is 12.3. The Labute approximate surface area is 103 Å². The molecular formula is C11H16F3N3O. The summed E-state index contributed by atoms with van der Waals surface area (Å²) in [6.07, 6.45) is -4.84. The average molecular weight is 263 g/mol.